The zero-order valence-electron chi connectivity index (χ0n) is 14.4. The van der Waals surface area contributed by atoms with Crippen LogP contribution in [0.15, 0.2) is 48.5 Å². The molecule has 0 radical (unpaired) electrons. The van der Waals surface area contributed by atoms with E-state index in [1.165, 1.54) is 17.0 Å². The van der Waals surface area contributed by atoms with Gasteiger partial charge >= 0.3 is 0 Å². The van der Waals surface area contributed by atoms with E-state index in [4.69, 9.17) is 16.3 Å². The molecule has 0 aliphatic rings. The molecule has 0 spiro atoms. The predicted molar refractivity (Wildman–Crippen MR) is 98.8 cm³/mol. The Kier molecular flexibility index (Phi) is 7.41. The first-order valence-corrected chi connectivity index (χ1v) is 8.49. The van der Waals surface area contributed by atoms with Crippen LogP contribution < -0.4 is 10.1 Å². The molecule has 0 atom stereocenters. The number of hydrogen-bond donors (Lipinski definition) is 1. The Bertz CT molecular complexity index is 770. The molecule has 0 aliphatic carbocycles. The predicted octanol–water partition coefficient (Wildman–Crippen LogP) is 3.74. The van der Waals surface area contributed by atoms with Gasteiger partial charge < -0.3 is 15.0 Å². The summed E-state index contributed by atoms with van der Waals surface area (Å²) in [6.07, 6.45) is 0.700. The lowest BCUT2D eigenvalue weighted by molar-refractivity contribution is -0.133. The van der Waals surface area contributed by atoms with Gasteiger partial charge in [-0.25, -0.2) is 4.39 Å². The van der Waals surface area contributed by atoms with Gasteiger partial charge in [-0.1, -0.05) is 23.7 Å². The third kappa shape index (κ3) is 6.72. The Morgan fingerprint density at radius 1 is 1.19 bits per heavy atom. The second kappa shape index (κ2) is 9.77. The molecule has 2 aromatic carbocycles. The fourth-order valence-electron chi connectivity index (χ4n) is 2.23. The van der Waals surface area contributed by atoms with Crippen molar-refractivity contribution in [3.63, 3.8) is 0 Å². The highest BCUT2D eigenvalue weighted by Gasteiger charge is 2.13. The summed E-state index contributed by atoms with van der Waals surface area (Å²) in [6.45, 7) is 0.230. The number of carbonyl (C=O) groups is 2. The first-order valence-electron chi connectivity index (χ1n) is 8.12. The number of carbonyl (C=O) groups excluding carboxylic acids is 2. The van der Waals surface area contributed by atoms with Crippen LogP contribution >= 0.6 is 11.6 Å². The number of rotatable bonds is 8. The van der Waals surface area contributed by atoms with Crippen LogP contribution in [0.2, 0.25) is 5.02 Å². The highest BCUT2D eigenvalue weighted by atomic mass is 35.5. The number of benzene rings is 2. The van der Waals surface area contributed by atoms with Gasteiger partial charge in [0.25, 0.3) is 0 Å². The third-order valence-electron chi connectivity index (χ3n) is 3.51. The van der Waals surface area contributed by atoms with Crippen molar-refractivity contribution in [2.75, 3.05) is 25.5 Å². The number of ether oxygens (including phenoxy) is 1. The topological polar surface area (TPSA) is 58.6 Å². The van der Waals surface area contributed by atoms with Gasteiger partial charge in [0, 0.05) is 30.2 Å². The van der Waals surface area contributed by atoms with Gasteiger partial charge in [0.2, 0.25) is 11.8 Å². The van der Waals surface area contributed by atoms with Crippen molar-refractivity contribution in [3.8, 4) is 5.75 Å². The van der Waals surface area contributed by atoms with Crippen LogP contribution in [0, 0.1) is 5.82 Å². The normalized spacial score (nSPS) is 10.3. The molecule has 1 N–H and O–H groups in total. The Morgan fingerprint density at radius 3 is 2.69 bits per heavy atom. The Labute approximate surface area is 156 Å². The zero-order valence-corrected chi connectivity index (χ0v) is 15.1. The van der Waals surface area contributed by atoms with Crippen LogP contribution in [0.4, 0.5) is 10.1 Å². The number of amides is 2. The quantitative estimate of drug-likeness (QED) is 0.712. The second-order valence-corrected chi connectivity index (χ2v) is 6.15. The average Bonchev–Trinajstić information content (AvgIpc) is 2.58. The average molecular weight is 379 g/mol. The smallest absolute Gasteiger partial charge is 0.243 e. The largest absolute Gasteiger partial charge is 0.493 e. The minimum Gasteiger partial charge on any atom is -0.493 e. The first kappa shape index (κ1) is 19.7. The SMILES string of the molecule is CN(CC(=O)Nc1cccc(Cl)c1)C(=O)CCCOc1cccc(F)c1. The Balaban J connectivity index is 1.69. The van der Waals surface area contributed by atoms with Gasteiger partial charge in [-0.2, -0.15) is 0 Å². The van der Waals surface area contributed by atoms with Gasteiger partial charge in [0.05, 0.1) is 13.2 Å². The molecule has 0 unspecified atom stereocenters. The van der Waals surface area contributed by atoms with Crippen molar-refractivity contribution in [2.45, 2.75) is 12.8 Å². The van der Waals surface area contributed by atoms with E-state index < -0.39 is 0 Å². The van der Waals surface area contributed by atoms with Crippen LogP contribution in [0.1, 0.15) is 12.8 Å². The molecular weight excluding hydrogens is 359 g/mol. The summed E-state index contributed by atoms with van der Waals surface area (Å²) in [5.74, 6) is -0.427. The number of halogens is 2. The number of likely N-dealkylation sites (N-methyl/N-ethyl adjacent to an activating group) is 1. The van der Waals surface area contributed by atoms with Crippen LogP contribution in [-0.4, -0.2) is 36.9 Å². The van der Waals surface area contributed by atoms with E-state index in [-0.39, 0.29) is 37.2 Å². The van der Waals surface area contributed by atoms with Gasteiger partial charge in [0.1, 0.15) is 11.6 Å². The summed E-state index contributed by atoms with van der Waals surface area (Å²) in [7, 11) is 1.56. The molecule has 0 fully saturated rings. The van der Waals surface area contributed by atoms with Gasteiger partial charge in [-0.15, -0.1) is 0 Å². The molecule has 5 nitrogen and oxygen atoms in total. The van der Waals surface area contributed by atoms with Crippen molar-refractivity contribution in [2.24, 2.45) is 0 Å². The fourth-order valence-corrected chi connectivity index (χ4v) is 2.42. The molecule has 2 rings (SSSR count). The first-order chi connectivity index (χ1) is 12.4. The minimum absolute atomic E-state index is 0.0594. The number of anilines is 1. The Morgan fingerprint density at radius 2 is 1.96 bits per heavy atom. The van der Waals surface area contributed by atoms with Gasteiger partial charge in [-0.05, 0) is 36.8 Å². The molecule has 138 valence electrons. The zero-order chi connectivity index (χ0) is 18.9. The number of nitrogens with one attached hydrogen (secondary N) is 1. The van der Waals surface area contributed by atoms with E-state index in [9.17, 15) is 14.0 Å². The number of hydrogen-bond acceptors (Lipinski definition) is 3. The van der Waals surface area contributed by atoms with Crippen molar-refractivity contribution in [1.82, 2.24) is 4.90 Å². The molecular formula is C19H20ClFN2O3. The van der Waals surface area contributed by atoms with Crippen molar-refractivity contribution in [1.29, 1.82) is 0 Å². The van der Waals surface area contributed by atoms with Crippen LogP contribution in [0.25, 0.3) is 0 Å². The fraction of sp³-hybridized carbons (Fsp3) is 0.263. The number of nitrogens with zero attached hydrogens (tertiary/aromatic N) is 1. The highest BCUT2D eigenvalue weighted by Crippen LogP contribution is 2.15. The van der Waals surface area contributed by atoms with Crippen LogP contribution in [-0.2, 0) is 9.59 Å². The molecule has 0 saturated heterocycles. The lowest BCUT2D eigenvalue weighted by Gasteiger charge is -2.17. The highest BCUT2D eigenvalue weighted by molar-refractivity contribution is 6.30. The van der Waals surface area contributed by atoms with Gasteiger partial charge in [-0.3, -0.25) is 9.59 Å². The second-order valence-electron chi connectivity index (χ2n) is 5.72. The van der Waals surface area contributed by atoms with Gasteiger partial charge in [0.15, 0.2) is 0 Å². The van der Waals surface area contributed by atoms with Crippen LogP contribution in [0.5, 0.6) is 5.75 Å². The third-order valence-corrected chi connectivity index (χ3v) is 3.75. The van der Waals surface area contributed by atoms with E-state index >= 15 is 0 Å². The Hall–Kier alpha value is -2.60. The lowest BCUT2D eigenvalue weighted by Crippen LogP contribution is -2.34. The maximum Gasteiger partial charge on any atom is 0.243 e. The summed E-state index contributed by atoms with van der Waals surface area (Å²) in [6, 6.07) is 12.6. The van der Waals surface area contributed by atoms with E-state index in [1.54, 1.807) is 43.4 Å². The monoisotopic (exact) mass is 378 g/mol. The van der Waals surface area contributed by atoms with E-state index in [0.717, 1.165) is 0 Å². The molecule has 0 aliphatic heterocycles. The van der Waals surface area contributed by atoms with Crippen molar-refractivity contribution in [3.05, 3.63) is 59.4 Å². The summed E-state index contributed by atoms with van der Waals surface area (Å²) in [5, 5.41) is 3.20. The van der Waals surface area contributed by atoms with E-state index in [1.807, 2.05) is 0 Å². The molecule has 0 heterocycles. The molecule has 7 heteroatoms. The minimum atomic E-state index is -0.371. The molecule has 2 aromatic rings. The van der Waals surface area contributed by atoms with E-state index in [2.05, 4.69) is 5.32 Å². The maximum absolute atomic E-state index is 13.0. The van der Waals surface area contributed by atoms with Crippen molar-refractivity contribution < 1.29 is 18.7 Å². The summed E-state index contributed by atoms with van der Waals surface area (Å²) in [4.78, 5) is 25.4. The summed E-state index contributed by atoms with van der Waals surface area (Å²) < 4.78 is 18.4. The molecule has 0 bridgehead atoms. The van der Waals surface area contributed by atoms with Crippen LogP contribution in [0.3, 0.4) is 0 Å². The van der Waals surface area contributed by atoms with Crippen molar-refractivity contribution >= 4 is 29.1 Å². The lowest BCUT2D eigenvalue weighted by atomic mass is 10.3. The molecule has 26 heavy (non-hydrogen) atoms. The molecule has 0 saturated carbocycles. The molecule has 0 aromatic heterocycles. The standard InChI is InChI=1S/C19H20ClFN2O3/c1-23(13-18(24)22-16-7-2-5-14(20)11-16)19(25)9-4-10-26-17-8-3-6-15(21)12-17/h2-3,5-8,11-12H,4,9-10,13H2,1H3,(H,22,24). The summed E-state index contributed by atoms with van der Waals surface area (Å²) in [5.41, 5.74) is 0.576. The maximum atomic E-state index is 13.0. The summed E-state index contributed by atoms with van der Waals surface area (Å²) >= 11 is 5.86. The van der Waals surface area contributed by atoms with E-state index in [0.29, 0.717) is 22.9 Å². The molecule has 2 amide bonds.